The average molecular weight is 261 g/mol. The summed E-state index contributed by atoms with van der Waals surface area (Å²) < 4.78 is 0.784. The smallest absolute Gasteiger partial charge is 0.206 e. The molecule has 0 fully saturated rings. The van der Waals surface area contributed by atoms with E-state index in [2.05, 4.69) is 22.7 Å². The van der Waals surface area contributed by atoms with Crippen molar-refractivity contribution in [2.24, 2.45) is 10.8 Å². The van der Waals surface area contributed by atoms with Crippen molar-refractivity contribution in [2.75, 3.05) is 6.54 Å². The fraction of sp³-hybridized carbons (Fsp3) is 0.500. The molecule has 0 atom stereocenters. The van der Waals surface area contributed by atoms with E-state index in [1.54, 1.807) is 0 Å². The second-order valence-corrected chi connectivity index (χ2v) is 5.09. The van der Waals surface area contributed by atoms with Gasteiger partial charge in [0, 0.05) is 11.4 Å². The number of rotatable bonds is 5. The SMILES string of the molecule is CCCCNC(=NCc1ccc(Cl)s1)NN. The standard InChI is InChI=1S/C10H17ClN4S/c1-2-3-6-13-10(15-12)14-7-8-4-5-9(11)16-8/h4-5H,2-3,6-7,12H2,1H3,(H2,13,14,15). The minimum atomic E-state index is 0.593. The van der Waals surface area contributed by atoms with E-state index in [4.69, 9.17) is 17.4 Å². The molecule has 90 valence electrons. The summed E-state index contributed by atoms with van der Waals surface area (Å²) in [4.78, 5) is 5.44. The molecule has 0 aliphatic carbocycles. The van der Waals surface area contributed by atoms with Gasteiger partial charge >= 0.3 is 0 Å². The second-order valence-electron chi connectivity index (χ2n) is 3.30. The molecule has 6 heteroatoms. The van der Waals surface area contributed by atoms with Crippen molar-refractivity contribution in [1.29, 1.82) is 0 Å². The second kappa shape index (κ2) is 7.49. The van der Waals surface area contributed by atoms with Crippen LogP contribution in [0.15, 0.2) is 17.1 Å². The third kappa shape index (κ3) is 4.83. The Bertz CT molecular complexity index is 337. The Morgan fingerprint density at radius 2 is 2.38 bits per heavy atom. The third-order valence-electron chi connectivity index (χ3n) is 1.98. The summed E-state index contributed by atoms with van der Waals surface area (Å²) in [6.45, 7) is 3.61. The summed E-state index contributed by atoms with van der Waals surface area (Å²) in [5.74, 6) is 5.98. The Kier molecular flexibility index (Phi) is 6.22. The number of nitrogens with two attached hydrogens (primary N) is 1. The van der Waals surface area contributed by atoms with Crippen LogP contribution in [-0.2, 0) is 6.54 Å². The molecule has 0 saturated heterocycles. The molecule has 0 unspecified atom stereocenters. The maximum atomic E-state index is 5.83. The highest BCUT2D eigenvalue weighted by Gasteiger charge is 1.98. The number of nitrogens with one attached hydrogen (secondary N) is 2. The zero-order valence-electron chi connectivity index (χ0n) is 9.29. The van der Waals surface area contributed by atoms with Crippen LogP contribution in [0.1, 0.15) is 24.6 Å². The van der Waals surface area contributed by atoms with Crippen LogP contribution in [0.5, 0.6) is 0 Å². The third-order valence-corrected chi connectivity index (χ3v) is 3.20. The zero-order chi connectivity index (χ0) is 11.8. The van der Waals surface area contributed by atoms with Crippen LogP contribution in [0.25, 0.3) is 0 Å². The molecule has 1 aromatic rings. The summed E-state index contributed by atoms with van der Waals surface area (Å²) >= 11 is 7.36. The summed E-state index contributed by atoms with van der Waals surface area (Å²) in [6.07, 6.45) is 2.25. The number of hydrogen-bond acceptors (Lipinski definition) is 3. The summed E-state index contributed by atoms with van der Waals surface area (Å²) in [6, 6.07) is 3.84. The normalized spacial score (nSPS) is 11.6. The van der Waals surface area contributed by atoms with Crippen LogP contribution in [0.2, 0.25) is 4.34 Å². The number of nitrogens with zero attached hydrogens (tertiary/aromatic N) is 1. The molecule has 4 N–H and O–H groups in total. The van der Waals surface area contributed by atoms with E-state index in [0.717, 1.165) is 28.6 Å². The first-order valence-electron chi connectivity index (χ1n) is 5.25. The molecule has 0 saturated carbocycles. The molecule has 16 heavy (non-hydrogen) atoms. The van der Waals surface area contributed by atoms with E-state index in [1.165, 1.54) is 11.3 Å². The van der Waals surface area contributed by atoms with E-state index >= 15 is 0 Å². The topological polar surface area (TPSA) is 62.4 Å². The number of halogens is 1. The Hall–Kier alpha value is -0.780. The summed E-state index contributed by atoms with van der Waals surface area (Å²) in [5.41, 5.74) is 2.55. The lowest BCUT2D eigenvalue weighted by Crippen LogP contribution is -2.41. The highest BCUT2D eigenvalue weighted by Crippen LogP contribution is 2.21. The number of thiophene rings is 1. The van der Waals surface area contributed by atoms with Gasteiger partial charge in [0.15, 0.2) is 0 Å². The fourth-order valence-electron chi connectivity index (χ4n) is 1.13. The molecule has 0 aliphatic heterocycles. The Labute approximate surface area is 105 Å². The molecule has 0 spiro atoms. The lowest BCUT2D eigenvalue weighted by molar-refractivity contribution is 0.732. The zero-order valence-corrected chi connectivity index (χ0v) is 10.9. The van der Waals surface area contributed by atoms with Gasteiger partial charge in [0.1, 0.15) is 0 Å². The molecule has 0 radical (unpaired) electrons. The van der Waals surface area contributed by atoms with E-state index in [1.807, 2.05) is 12.1 Å². The molecular weight excluding hydrogens is 244 g/mol. The van der Waals surface area contributed by atoms with Gasteiger partial charge in [0.2, 0.25) is 5.96 Å². The van der Waals surface area contributed by atoms with Crippen LogP contribution >= 0.6 is 22.9 Å². The van der Waals surface area contributed by atoms with Crippen LogP contribution in [-0.4, -0.2) is 12.5 Å². The molecule has 1 heterocycles. The number of aliphatic imine (C=N–C) groups is 1. The molecule has 0 aromatic carbocycles. The van der Waals surface area contributed by atoms with Crippen molar-refractivity contribution in [3.63, 3.8) is 0 Å². The maximum Gasteiger partial charge on any atom is 0.206 e. The maximum absolute atomic E-state index is 5.83. The van der Waals surface area contributed by atoms with E-state index in [9.17, 15) is 0 Å². The van der Waals surface area contributed by atoms with Crippen LogP contribution < -0.4 is 16.6 Å². The van der Waals surface area contributed by atoms with E-state index in [-0.39, 0.29) is 0 Å². The van der Waals surface area contributed by atoms with Gasteiger partial charge in [0.25, 0.3) is 0 Å². The van der Waals surface area contributed by atoms with E-state index in [0.29, 0.717) is 12.5 Å². The van der Waals surface area contributed by atoms with Crippen molar-refractivity contribution in [3.8, 4) is 0 Å². The van der Waals surface area contributed by atoms with Crippen molar-refractivity contribution < 1.29 is 0 Å². The summed E-state index contributed by atoms with van der Waals surface area (Å²) in [5, 5.41) is 3.13. The largest absolute Gasteiger partial charge is 0.355 e. The van der Waals surface area contributed by atoms with Gasteiger partial charge in [-0.05, 0) is 18.6 Å². The number of hydrogen-bond donors (Lipinski definition) is 3. The van der Waals surface area contributed by atoms with Gasteiger partial charge < -0.3 is 5.32 Å². The predicted molar refractivity (Wildman–Crippen MR) is 70.7 cm³/mol. The molecular formula is C10H17ClN4S. The molecule has 1 aromatic heterocycles. The molecule has 4 nitrogen and oxygen atoms in total. The first-order valence-corrected chi connectivity index (χ1v) is 6.45. The Morgan fingerprint density at radius 3 is 2.94 bits per heavy atom. The monoisotopic (exact) mass is 260 g/mol. The van der Waals surface area contributed by atoms with E-state index < -0.39 is 0 Å². The Balaban J connectivity index is 2.40. The molecule has 0 bridgehead atoms. The van der Waals surface area contributed by atoms with Gasteiger partial charge in [-0.15, -0.1) is 11.3 Å². The predicted octanol–water partition coefficient (Wildman–Crippen LogP) is 2.11. The summed E-state index contributed by atoms with van der Waals surface area (Å²) in [7, 11) is 0. The highest BCUT2D eigenvalue weighted by atomic mass is 35.5. The number of guanidine groups is 1. The van der Waals surface area contributed by atoms with Crippen LogP contribution in [0, 0.1) is 0 Å². The molecule has 1 rings (SSSR count). The van der Waals surface area contributed by atoms with Gasteiger partial charge in [-0.25, -0.2) is 10.8 Å². The van der Waals surface area contributed by atoms with Crippen LogP contribution in [0.4, 0.5) is 0 Å². The van der Waals surface area contributed by atoms with Crippen molar-refractivity contribution in [1.82, 2.24) is 10.7 Å². The molecule has 0 aliphatic rings. The van der Waals surface area contributed by atoms with Crippen molar-refractivity contribution in [3.05, 3.63) is 21.3 Å². The first-order chi connectivity index (χ1) is 7.76. The van der Waals surface area contributed by atoms with Gasteiger partial charge in [-0.1, -0.05) is 24.9 Å². The van der Waals surface area contributed by atoms with Gasteiger partial charge in [-0.3, -0.25) is 5.43 Å². The van der Waals surface area contributed by atoms with Crippen molar-refractivity contribution in [2.45, 2.75) is 26.3 Å². The molecule has 0 amide bonds. The lowest BCUT2D eigenvalue weighted by atomic mass is 10.3. The van der Waals surface area contributed by atoms with Gasteiger partial charge in [0.05, 0.1) is 10.9 Å². The first kappa shape index (κ1) is 13.3. The lowest BCUT2D eigenvalue weighted by Gasteiger charge is -2.07. The van der Waals surface area contributed by atoms with Crippen LogP contribution in [0.3, 0.4) is 0 Å². The average Bonchev–Trinajstić information content (AvgIpc) is 2.69. The highest BCUT2D eigenvalue weighted by molar-refractivity contribution is 7.16. The van der Waals surface area contributed by atoms with Gasteiger partial charge in [-0.2, -0.15) is 0 Å². The number of hydrazine groups is 1. The Morgan fingerprint density at radius 1 is 1.56 bits per heavy atom. The fourth-order valence-corrected chi connectivity index (χ4v) is 2.14. The minimum absolute atomic E-state index is 0.593. The van der Waals surface area contributed by atoms with Crippen molar-refractivity contribution >= 4 is 28.9 Å². The minimum Gasteiger partial charge on any atom is -0.355 e. The quantitative estimate of drug-likeness (QED) is 0.250. The number of unbranched alkanes of at least 4 members (excludes halogenated alkanes) is 1.